The molecule has 0 radical (unpaired) electrons. The Morgan fingerprint density at radius 3 is 1.22 bits per heavy atom. The fourth-order valence-electron chi connectivity index (χ4n) is 8.66. The van der Waals surface area contributed by atoms with Gasteiger partial charge in [-0.25, -0.2) is 0 Å². The monoisotopic (exact) mass is 634 g/mol. The number of aromatic nitrogens is 2. The molecule has 0 amide bonds. The van der Waals surface area contributed by atoms with E-state index >= 15 is 0 Å². The van der Waals surface area contributed by atoms with E-state index in [2.05, 4.69) is 191 Å². The average molecular weight is 635 g/mol. The summed E-state index contributed by atoms with van der Waals surface area (Å²) in [5.74, 6) is 0. The number of nitrogens with zero attached hydrogens (tertiary/aromatic N) is 2. The van der Waals surface area contributed by atoms with Gasteiger partial charge in [-0.15, -0.1) is 0 Å². The molecule has 11 aromatic rings. The molecule has 2 heteroatoms. The van der Waals surface area contributed by atoms with Crippen LogP contribution in [0.25, 0.3) is 98.4 Å². The molecule has 0 aliphatic rings. The van der Waals surface area contributed by atoms with Crippen molar-refractivity contribution in [1.29, 1.82) is 0 Å². The average Bonchev–Trinajstić information content (AvgIpc) is 3.72. The Labute approximate surface area is 288 Å². The predicted octanol–water partition coefficient (Wildman–Crippen LogP) is 13.0. The zero-order valence-electron chi connectivity index (χ0n) is 27.2. The molecule has 0 aliphatic carbocycles. The summed E-state index contributed by atoms with van der Waals surface area (Å²) < 4.78 is 5.04. The molecular formula is C48H30N2. The summed E-state index contributed by atoms with van der Waals surface area (Å²) in [7, 11) is 0. The van der Waals surface area contributed by atoms with Crippen molar-refractivity contribution in [2.75, 3.05) is 0 Å². The van der Waals surface area contributed by atoms with E-state index in [1.807, 2.05) is 0 Å². The Morgan fingerprint density at radius 1 is 0.260 bits per heavy atom. The van der Waals surface area contributed by atoms with Crippen molar-refractivity contribution >= 4 is 75.9 Å². The number of para-hydroxylation sites is 3. The van der Waals surface area contributed by atoms with Gasteiger partial charge in [0.25, 0.3) is 0 Å². The summed E-state index contributed by atoms with van der Waals surface area (Å²) in [5.41, 5.74) is 9.55. The maximum Gasteiger partial charge on any atom is 0.0795 e. The van der Waals surface area contributed by atoms with Gasteiger partial charge >= 0.3 is 0 Å². The van der Waals surface area contributed by atoms with Crippen LogP contribution in [0.4, 0.5) is 0 Å². The van der Waals surface area contributed by atoms with E-state index in [0.29, 0.717) is 0 Å². The van der Waals surface area contributed by atoms with Crippen molar-refractivity contribution in [3.8, 4) is 22.5 Å². The van der Waals surface area contributed by atoms with E-state index in [1.165, 1.54) is 87.1 Å². The second kappa shape index (κ2) is 10.4. The largest absolute Gasteiger partial charge is 0.307 e. The number of hydrogen-bond acceptors (Lipinski definition) is 0. The lowest BCUT2D eigenvalue weighted by molar-refractivity contribution is 1.15. The van der Waals surface area contributed by atoms with Crippen molar-refractivity contribution in [2.45, 2.75) is 0 Å². The van der Waals surface area contributed by atoms with Crippen molar-refractivity contribution in [2.24, 2.45) is 0 Å². The summed E-state index contributed by atoms with van der Waals surface area (Å²) in [6.45, 7) is 0. The van der Waals surface area contributed by atoms with Gasteiger partial charge in [-0.1, -0.05) is 146 Å². The van der Waals surface area contributed by atoms with Gasteiger partial charge in [0.1, 0.15) is 0 Å². The molecule has 2 nitrogen and oxygen atoms in total. The van der Waals surface area contributed by atoms with E-state index in [0.717, 1.165) is 11.4 Å². The molecular weight excluding hydrogens is 605 g/mol. The molecule has 9 aromatic carbocycles. The van der Waals surface area contributed by atoms with E-state index in [-0.39, 0.29) is 0 Å². The Bertz CT molecular complexity index is 3130. The minimum atomic E-state index is 1.15. The molecule has 11 rings (SSSR count). The second-order valence-electron chi connectivity index (χ2n) is 13.2. The molecule has 0 spiro atoms. The standard InChI is InChI=1S/C48H30N2/c1-3-16-31(17-4-1)32-18-15-21-34(30-32)50-42-29-14-12-27-40(42)46-44-38-25-10-8-23-36(38)35-22-7-9-24-37(35)43(44)45-39-26-11-13-28-41(39)49(47(45)48(46)50)33-19-5-2-6-20-33/h1-30H. The molecule has 0 aliphatic heterocycles. The highest BCUT2D eigenvalue weighted by molar-refractivity contribution is 6.45. The molecule has 0 fully saturated rings. The van der Waals surface area contributed by atoms with E-state index in [9.17, 15) is 0 Å². The fourth-order valence-corrected chi connectivity index (χ4v) is 8.66. The lowest BCUT2D eigenvalue weighted by Gasteiger charge is -2.17. The normalized spacial score (nSPS) is 12.0. The first-order valence-corrected chi connectivity index (χ1v) is 17.3. The minimum Gasteiger partial charge on any atom is -0.307 e. The van der Waals surface area contributed by atoms with Gasteiger partial charge in [0.2, 0.25) is 0 Å². The number of fused-ring (bicyclic) bond motifs is 15. The fraction of sp³-hybridized carbons (Fsp3) is 0. The van der Waals surface area contributed by atoms with Crippen LogP contribution in [0.5, 0.6) is 0 Å². The minimum absolute atomic E-state index is 1.15. The third-order valence-corrected chi connectivity index (χ3v) is 10.6. The molecule has 2 aromatic heterocycles. The zero-order valence-corrected chi connectivity index (χ0v) is 27.2. The van der Waals surface area contributed by atoms with Gasteiger partial charge < -0.3 is 9.13 Å². The Balaban J connectivity index is 1.49. The Hall–Kier alpha value is -6.64. The van der Waals surface area contributed by atoms with Gasteiger partial charge in [0, 0.05) is 43.7 Å². The van der Waals surface area contributed by atoms with Crippen LogP contribution >= 0.6 is 0 Å². The lowest BCUT2D eigenvalue weighted by Crippen LogP contribution is -1.99. The highest BCUT2D eigenvalue weighted by Crippen LogP contribution is 2.50. The van der Waals surface area contributed by atoms with Crippen molar-refractivity contribution in [1.82, 2.24) is 9.13 Å². The van der Waals surface area contributed by atoms with Crippen molar-refractivity contribution < 1.29 is 0 Å². The summed E-state index contributed by atoms with van der Waals surface area (Å²) >= 11 is 0. The van der Waals surface area contributed by atoms with Crippen LogP contribution in [0.2, 0.25) is 0 Å². The summed E-state index contributed by atoms with van der Waals surface area (Å²) in [5, 5.41) is 12.8. The first kappa shape index (κ1) is 27.3. The molecule has 0 unspecified atom stereocenters. The predicted molar refractivity (Wildman–Crippen MR) is 213 cm³/mol. The molecule has 232 valence electrons. The quantitative estimate of drug-likeness (QED) is 0.171. The Kier molecular flexibility index (Phi) is 5.70. The third kappa shape index (κ3) is 3.68. The molecule has 0 saturated heterocycles. The number of benzene rings is 9. The summed E-state index contributed by atoms with van der Waals surface area (Å²) in [6, 6.07) is 66.6. The first-order valence-electron chi connectivity index (χ1n) is 17.3. The van der Waals surface area contributed by atoms with Crippen LogP contribution in [-0.2, 0) is 0 Å². The van der Waals surface area contributed by atoms with Gasteiger partial charge in [-0.05, 0) is 69.1 Å². The molecule has 0 atom stereocenters. The third-order valence-electron chi connectivity index (χ3n) is 10.6. The van der Waals surface area contributed by atoms with E-state index < -0.39 is 0 Å². The van der Waals surface area contributed by atoms with Gasteiger partial charge in [-0.3, -0.25) is 0 Å². The van der Waals surface area contributed by atoms with Crippen LogP contribution < -0.4 is 0 Å². The van der Waals surface area contributed by atoms with Gasteiger partial charge in [-0.2, -0.15) is 0 Å². The summed E-state index contributed by atoms with van der Waals surface area (Å²) in [6.07, 6.45) is 0. The lowest BCUT2D eigenvalue weighted by atomic mass is 9.89. The maximum atomic E-state index is 2.53. The number of hydrogen-bond donors (Lipinski definition) is 0. The van der Waals surface area contributed by atoms with Gasteiger partial charge in [0.15, 0.2) is 0 Å². The van der Waals surface area contributed by atoms with Crippen molar-refractivity contribution in [3.05, 3.63) is 182 Å². The van der Waals surface area contributed by atoms with Crippen LogP contribution in [0, 0.1) is 0 Å². The molecule has 2 heterocycles. The van der Waals surface area contributed by atoms with Gasteiger partial charge in [0.05, 0.1) is 22.1 Å². The van der Waals surface area contributed by atoms with E-state index in [1.54, 1.807) is 0 Å². The highest BCUT2D eigenvalue weighted by atomic mass is 15.0. The highest BCUT2D eigenvalue weighted by Gasteiger charge is 2.27. The van der Waals surface area contributed by atoms with Crippen LogP contribution in [0.3, 0.4) is 0 Å². The number of rotatable bonds is 3. The molecule has 50 heavy (non-hydrogen) atoms. The molecule has 0 bridgehead atoms. The van der Waals surface area contributed by atoms with E-state index in [4.69, 9.17) is 0 Å². The van der Waals surface area contributed by atoms with Crippen LogP contribution in [-0.4, -0.2) is 9.13 Å². The SMILES string of the molecule is c1ccc(-c2cccc(-n3c4ccccc4c4c5c6ccccc6c6ccccc6c5c5c6ccccc6n(-c6ccccc6)c5c43)c2)cc1. The first-order chi connectivity index (χ1) is 24.9. The smallest absolute Gasteiger partial charge is 0.0795 e. The second-order valence-corrected chi connectivity index (χ2v) is 13.2. The molecule has 0 saturated carbocycles. The van der Waals surface area contributed by atoms with Crippen LogP contribution in [0.15, 0.2) is 182 Å². The zero-order chi connectivity index (χ0) is 32.8. The topological polar surface area (TPSA) is 9.86 Å². The summed E-state index contributed by atoms with van der Waals surface area (Å²) in [4.78, 5) is 0. The maximum absolute atomic E-state index is 2.53. The van der Waals surface area contributed by atoms with Crippen molar-refractivity contribution in [3.63, 3.8) is 0 Å². The Morgan fingerprint density at radius 2 is 0.660 bits per heavy atom. The molecule has 0 N–H and O–H groups in total. The van der Waals surface area contributed by atoms with Crippen LogP contribution in [0.1, 0.15) is 0 Å².